The molecule has 1 aliphatic rings. The molecule has 0 amide bonds. The molecular formula is C15H18F4N2. The van der Waals surface area contributed by atoms with Gasteiger partial charge in [0.15, 0.2) is 0 Å². The zero-order valence-corrected chi connectivity index (χ0v) is 11.6. The number of nitrogens with one attached hydrogen (secondary N) is 1. The fourth-order valence-electron chi connectivity index (χ4n) is 2.72. The molecule has 1 atom stereocenters. The molecular weight excluding hydrogens is 284 g/mol. The van der Waals surface area contributed by atoms with Crippen LogP contribution in [-0.2, 0) is 6.18 Å². The van der Waals surface area contributed by atoms with Crippen LogP contribution in [-0.4, -0.2) is 31.1 Å². The van der Waals surface area contributed by atoms with Gasteiger partial charge in [-0.05, 0) is 18.6 Å². The Morgan fingerprint density at radius 3 is 2.52 bits per heavy atom. The van der Waals surface area contributed by atoms with Gasteiger partial charge in [-0.2, -0.15) is 13.2 Å². The van der Waals surface area contributed by atoms with Gasteiger partial charge < -0.3 is 5.32 Å². The van der Waals surface area contributed by atoms with Gasteiger partial charge in [-0.3, -0.25) is 4.90 Å². The summed E-state index contributed by atoms with van der Waals surface area (Å²) in [6, 6.07) is 2.49. The predicted molar refractivity (Wildman–Crippen MR) is 73.4 cm³/mol. The van der Waals surface area contributed by atoms with Crippen LogP contribution in [0.3, 0.4) is 0 Å². The Kier molecular flexibility index (Phi) is 5.00. The quantitative estimate of drug-likeness (QED) is 0.677. The van der Waals surface area contributed by atoms with Crippen LogP contribution in [0.25, 0.3) is 0 Å². The van der Waals surface area contributed by atoms with E-state index in [0.29, 0.717) is 26.2 Å². The van der Waals surface area contributed by atoms with E-state index in [9.17, 15) is 17.6 Å². The summed E-state index contributed by atoms with van der Waals surface area (Å²) < 4.78 is 53.7. The maximum atomic E-state index is 14.1. The third-order valence-corrected chi connectivity index (χ3v) is 3.67. The lowest BCUT2D eigenvalue weighted by Crippen LogP contribution is -2.45. The zero-order chi connectivity index (χ0) is 15.5. The molecule has 0 aromatic heterocycles. The van der Waals surface area contributed by atoms with Crippen LogP contribution < -0.4 is 5.32 Å². The smallest absolute Gasteiger partial charge is 0.314 e. The summed E-state index contributed by atoms with van der Waals surface area (Å²) in [7, 11) is 0. The number of alkyl halides is 3. The summed E-state index contributed by atoms with van der Waals surface area (Å²) in [4.78, 5) is 1.88. The molecule has 0 unspecified atom stereocenters. The molecule has 1 aromatic carbocycles. The summed E-state index contributed by atoms with van der Waals surface area (Å²) in [5, 5.41) is 3.14. The summed E-state index contributed by atoms with van der Waals surface area (Å²) >= 11 is 0. The van der Waals surface area contributed by atoms with Crippen LogP contribution >= 0.6 is 0 Å². The average Bonchev–Trinajstić information content (AvgIpc) is 2.45. The third-order valence-electron chi connectivity index (χ3n) is 3.67. The van der Waals surface area contributed by atoms with Crippen molar-refractivity contribution >= 4 is 0 Å². The number of hydrogen-bond donors (Lipinski definition) is 1. The maximum Gasteiger partial charge on any atom is 0.416 e. The van der Waals surface area contributed by atoms with Crippen molar-refractivity contribution in [3.05, 3.63) is 47.8 Å². The molecule has 0 aliphatic carbocycles. The Morgan fingerprint density at radius 1 is 1.29 bits per heavy atom. The lowest BCUT2D eigenvalue weighted by Gasteiger charge is -2.36. The number of piperazine rings is 1. The van der Waals surface area contributed by atoms with Crippen LogP contribution in [0.5, 0.6) is 0 Å². The number of benzene rings is 1. The molecule has 21 heavy (non-hydrogen) atoms. The minimum Gasteiger partial charge on any atom is -0.314 e. The highest BCUT2D eigenvalue weighted by Gasteiger charge is 2.38. The first kappa shape index (κ1) is 16.0. The molecule has 0 bridgehead atoms. The van der Waals surface area contributed by atoms with Gasteiger partial charge in [0, 0.05) is 37.8 Å². The second-order valence-corrected chi connectivity index (χ2v) is 5.02. The topological polar surface area (TPSA) is 15.3 Å². The van der Waals surface area contributed by atoms with Crippen LogP contribution in [0, 0.1) is 5.82 Å². The van der Waals surface area contributed by atoms with E-state index in [0.717, 1.165) is 18.2 Å². The Morgan fingerprint density at radius 2 is 1.95 bits per heavy atom. The van der Waals surface area contributed by atoms with E-state index in [1.807, 2.05) is 4.90 Å². The van der Waals surface area contributed by atoms with E-state index < -0.39 is 23.6 Å². The van der Waals surface area contributed by atoms with E-state index in [1.165, 1.54) is 0 Å². The molecule has 2 rings (SSSR count). The highest BCUT2D eigenvalue weighted by atomic mass is 19.4. The standard InChI is InChI=1S/C15H18F4N2/c1-2-4-13(21-9-7-20-8-10-21)14-11(15(17,18)19)5-3-6-12(14)16/h2-3,5-6,13,20H,1,4,7-10H2/t13-/m1/s1. The SMILES string of the molecule is C=CC[C@H](c1c(F)cccc1C(F)(F)F)N1CCNCC1. The second kappa shape index (κ2) is 6.58. The van der Waals surface area contributed by atoms with Crippen LogP contribution in [0.2, 0.25) is 0 Å². The van der Waals surface area contributed by atoms with E-state index in [2.05, 4.69) is 11.9 Å². The van der Waals surface area contributed by atoms with Gasteiger partial charge in [0.05, 0.1) is 5.56 Å². The Bertz CT molecular complexity index is 493. The fraction of sp³-hybridized carbons (Fsp3) is 0.467. The van der Waals surface area contributed by atoms with Gasteiger partial charge in [-0.1, -0.05) is 12.1 Å². The summed E-state index contributed by atoms with van der Waals surface area (Å²) in [6.07, 6.45) is -2.74. The van der Waals surface area contributed by atoms with Gasteiger partial charge >= 0.3 is 6.18 Å². The average molecular weight is 302 g/mol. The minimum atomic E-state index is -4.56. The van der Waals surface area contributed by atoms with Crippen molar-refractivity contribution in [2.24, 2.45) is 0 Å². The number of nitrogens with zero attached hydrogens (tertiary/aromatic N) is 1. The summed E-state index contributed by atoms with van der Waals surface area (Å²) in [5.74, 6) is -0.810. The zero-order valence-electron chi connectivity index (χ0n) is 11.6. The molecule has 1 saturated heterocycles. The van der Waals surface area contributed by atoms with E-state index in [1.54, 1.807) is 6.08 Å². The predicted octanol–water partition coefficient (Wildman–Crippen LogP) is 3.37. The van der Waals surface area contributed by atoms with E-state index >= 15 is 0 Å². The summed E-state index contributed by atoms with van der Waals surface area (Å²) in [5.41, 5.74) is -1.17. The van der Waals surface area contributed by atoms with Crippen molar-refractivity contribution in [3.63, 3.8) is 0 Å². The molecule has 116 valence electrons. The van der Waals surface area contributed by atoms with Crippen LogP contribution in [0.4, 0.5) is 17.6 Å². The largest absolute Gasteiger partial charge is 0.416 e. The van der Waals surface area contributed by atoms with E-state index in [4.69, 9.17) is 0 Å². The van der Waals surface area contributed by atoms with Crippen molar-refractivity contribution in [3.8, 4) is 0 Å². The number of hydrogen-bond acceptors (Lipinski definition) is 2. The molecule has 6 heteroatoms. The lowest BCUT2D eigenvalue weighted by atomic mass is 9.95. The minimum absolute atomic E-state index is 0.271. The number of rotatable bonds is 4. The first-order chi connectivity index (χ1) is 9.95. The molecule has 1 fully saturated rings. The normalized spacial score (nSPS) is 18.5. The first-order valence-corrected chi connectivity index (χ1v) is 6.86. The van der Waals surface area contributed by atoms with Crippen molar-refractivity contribution in [1.29, 1.82) is 0 Å². The summed E-state index contributed by atoms with van der Waals surface area (Å²) in [6.45, 7) is 6.14. The Labute approximate surface area is 121 Å². The lowest BCUT2D eigenvalue weighted by molar-refractivity contribution is -0.139. The molecule has 0 spiro atoms. The van der Waals surface area contributed by atoms with E-state index in [-0.39, 0.29) is 12.0 Å². The fourth-order valence-corrected chi connectivity index (χ4v) is 2.72. The molecule has 1 heterocycles. The first-order valence-electron chi connectivity index (χ1n) is 6.86. The molecule has 0 saturated carbocycles. The molecule has 0 radical (unpaired) electrons. The van der Waals surface area contributed by atoms with Gasteiger partial charge in [-0.15, -0.1) is 6.58 Å². The molecule has 1 aromatic rings. The van der Waals surface area contributed by atoms with Crippen molar-refractivity contribution in [2.45, 2.75) is 18.6 Å². The van der Waals surface area contributed by atoms with Crippen LogP contribution in [0.15, 0.2) is 30.9 Å². The maximum absolute atomic E-state index is 14.1. The molecule has 2 nitrogen and oxygen atoms in total. The highest BCUT2D eigenvalue weighted by Crippen LogP contribution is 2.39. The third kappa shape index (κ3) is 3.63. The molecule has 1 aliphatic heterocycles. The Hall–Kier alpha value is -1.40. The van der Waals surface area contributed by atoms with Crippen molar-refractivity contribution in [1.82, 2.24) is 10.2 Å². The van der Waals surface area contributed by atoms with Crippen molar-refractivity contribution < 1.29 is 17.6 Å². The number of halogens is 4. The van der Waals surface area contributed by atoms with Gasteiger partial charge in [0.25, 0.3) is 0 Å². The highest BCUT2D eigenvalue weighted by molar-refractivity contribution is 5.34. The van der Waals surface area contributed by atoms with Crippen molar-refractivity contribution in [2.75, 3.05) is 26.2 Å². The van der Waals surface area contributed by atoms with Crippen LogP contribution in [0.1, 0.15) is 23.6 Å². The van der Waals surface area contributed by atoms with Gasteiger partial charge in [-0.25, -0.2) is 4.39 Å². The monoisotopic (exact) mass is 302 g/mol. The Balaban J connectivity index is 2.46. The second-order valence-electron chi connectivity index (χ2n) is 5.02. The van der Waals surface area contributed by atoms with Gasteiger partial charge in [0.1, 0.15) is 5.82 Å². The molecule has 1 N–H and O–H groups in total. The van der Waals surface area contributed by atoms with Gasteiger partial charge in [0.2, 0.25) is 0 Å².